The average molecular weight is 429 g/mol. The van der Waals surface area contributed by atoms with E-state index in [1.54, 1.807) is 36.0 Å². The molecule has 1 unspecified atom stereocenters. The summed E-state index contributed by atoms with van der Waals surface area (Å²) in [5.41, 5.74) is 1.89. The van der Waals surface area contributed by atoms with E-state index in [9.17, 15) is 9.90 Å². The van der Waals surface area contributed by atoms with Gasteiger partial charge in [0.2, 0.25) is 5.91 Å². The van der Waals surface area contributed by atoms with Crippen LogP contribution in [0.15, 0.2) is 58.6 Å². The number of amides is 1. The molecule has 0 saturated carbocycles. The third-order valence-electron chi connectivity index (χ3n) is 4.28. The van der Waals surface area contributed by atoms with Crippen molar-refractivity contribution in [2.45, 2.75) is 48.4 Å². The summed E-state index contributed by atoms with van der Waals surface area (Å²) in [6.07, 6.45) is 0. The van der Waals surface area contributed by atoms with Gasteiger partial charge in [-0.1, -0.05) is 29.5 Å². The van der Waals surface area contributed by atoms with E-state index < -0.39 is 0 Å². The predicted octanol–water partition coefficient (Wildman–Crippen LogP) is 4.72. The first-order valence-electron chi connectivity index (χ1n) is 9.34. The second-order valence-electron chi connectivity index (χ2n) is 6.54. The van der Waals surface area contributed by atoms with Crippen molar-refractivity contribution in [3.05, 3.63) is 59.9 Å². The van der Waals surface area contributed by atoms with E-state index in [-0.39, 0.29) is 16.9 Å². The van der Waals surface area contributed by atoms with E-state index in [2.05, 4.69) is 58.2 Å². The van der Waals surface area contributed by atoms with Crippen LogP contribution in [0.2, 0.25) is 0 Å². The van der Waals surface area contributed by atoms with E-state index in [4.69, 9.17) is 0 Å². The number of hydrogen-bond acceptors (Lipinski definition) is 6. The molecule has 2 N–H and O–H groups in total. The Balaban J connectivity index is 1.61. The highest BCUT2D eigenvalue weighted by Gasteiger charge is 2.20. The van der Waals surface area contributed by atoms with Gasteiger partial charge in [-0.2, -0.15) is 0 Å². The fraction of sp³-hybridized carbons (Fsp3) is 0.286. The number of aryl methyl sites for hydroxylation is 1. The number of carbonyl (C=O) groups is 1. The molecule has 1 amide bonds. The van der Waals surface area contributed by atoms with Crippen molar-refractivity contribution in [3.8, 4) is 5.75 Å². The van der Waals surface area contributed by atoms with Gasteiger partial charge in [0.15, 0.2) is 5.16 Å². The quantitative estimate of drug-likeness (QED) is 0.399. The van der Waals surface area contributed by atoms with E-state index in [0.717, 1.165) is 23.3 Å². The van der Waals surface area contributed by atoms with Crippen LogP contribution in [0.25, 0.3) is 0 Å². The highest BCUT2D eigenvalue weighted by molar-refractivity contribution is 8.00. The fourth-order valence-corrected chi connectivity index (χ4v) is 4.38. The Morgan fingerprint density at radius 2 is 1.83 bits per heavy atom. The molecule has 29 heavy (non-hydrogen) atoms. The van der Waals surface area contributed by atoms with Gasteiger partial charge in [0.05, 0.1) is 11.0 Å². The number of thioether (sulfide) groups is 2. The van der Waals surface area contributed by atoms with Crippen LogP contribution in [-0.2, 0) is 17.1 Å². The number of rotatable bonds is 8. The molecule has 1 aromatic heterocycles. The monoisotopic (exact) mass is 428 g/mol. The number of aromatic hydroxyl groups is 1. The van der Waals surface area contributed by atoms with Crippen molar-refractivity contribution in [3.63, 3.8) is 0 Å². The van der Waals surface area contributed by atoms with Gasteiger partial charge in [-0.25, -0.2) is 0 Å². The van der Waals surface area contributed by atoms with Gasteiger partial charge in [-0.3, -0.25) is 4.79 Å². The lowest BCUT2D eigenvalue weighted by Gasteiger charge is -2.13. The van der Waals surface area contributed by atoms with Crippen molar-refractivity contribution >= 4 is 35.1 Å². The standard InChI is InChI=1S/C21H24N4O2S2/c1-4-25-19(13-28-18-11-5-14(2)6-12-18)23-24-21(25)29-15(3)20(27)22-16-7-9-17(26)10-8-16/h5-12,15,26H,4,13H2,1-3H3,(H,22,27). The molecule has 8 heteroatoms. The van der Waals surface area contributed by atoms with Crippen molar-refractivity contribution in [2.24, 2.45) is 0 Å². The summed E-state index contributed by atoms with van der Waals surface area (Å²) >= 11 is 3.11. The normalized spacial score (nSPS) is 12.0. The molecule has 152 valence electrons. The Bertz CT molecular complexity index is 956. The maximum atomic E-state index is 12.5. The third kappa shape index (κ3) is 5.77. The predicted molar refractivity (Wildman–Crippen MR) is 118 cm³/mol. The molecule has 0 aliphatic rings. The Labute approximate surface area is 179 Å². The van der Waals surface area contributed by atoms with Gasteiger partial charge in [-0.15, -0.1) is 22.0 Å². The van der Waals surface area contributed by atoms with Crippen LogP contribution in [0.4, 0.5) is 5.69 Å². The number of nitrogens with one attached hydrogen (secondary N) is 1. The highest BCUT2D eigenvalue weighted by Crippen LogP contribution is 2.27. The Kier molecular flexibility index (Phi) is 7.22. The molecule has 1 atom stereocenters. The lowest BCUT2D eigenvalue weighted by atomic mass is 10.2. The molecule has 0 spiro atoms. The summed E-state index contributed by atoms with van der Waals surface area (Å²) in [6, 6.07) is 14.8. The Hall–Kier alpha value is -2.45. The molecule has 0 bridgehead atoms. The zero-order chi connectivity index (χ0) is 20.8. The highest BCUT2D eigenvalue weighted by atomic mass is 32.2. The van der Waals surface area contributed by atoms with Gasteiger partial charge in [0.1, 0.15) is 11.6 Å². The first kappa shape index (κ1) is 21.3. The van der Waals surface area contributed by atoms with E-state index in [1.807, 2.05) is 6.92 Å². The van der Waals surface area contributed by atoms with Crippen LogP contribution in [0.3, 0.4) is 0 Å². The Morgan fingerprint density at radius 1 is 1.14 bits per heavy atom. The summed E-state index contributed by atoms with van der Waals surface area (Å²) < 4.78 is 2.05. The smallest absolute Gasteiger partial charge is 0.237 e. The topological polar surface area (TPSA) is 80.0 Å². The maximum Gasteiger partial charge on any atom is 0.237 e. The van der Waals surface area contributed by atoms with Crippen LogP contribution in [0.5, 0.6) is 5.75 Å². The minimum absolute atomic E-state index is 0.123. The number of carbonyl (C=O) groups excluding carboxylic acids is 1. The molecule has 1 heterocycles. The number of benzene rings is 2. The molecule has 0 aliphatic heterocycles. The Morgan fingerprint density at radius 3 is 2.48 bits per heavy atom. The summed E-state index contributed by atoms with van der Waals surface area (Å²) in [5.74, 6) is 1.66. The third-order valence-corrected chi connectivity index (χ3v) is 6.37. The summed E-state index contributed by atoms with van der Waals surface area (Å²) in [6.45, 7) is 6.71. The van der Waals surface area contributed by atoms with Crippen LogP contribution in [0.1, 0.15) is 25.2 Å². The molecule has 6 nitrogen and oxygen atoms in total. The van der Waals surface area contributed by atoms with Gasteiger partial charge in [0.25, 0.3) is 0 Å². The molecule has 2 aromatic carbocycles. The lowest BCUT2D eigenvalue weighted by molar-refractivity contribution is -0.115. The molecular formula is C21H24N4O2S2. The fourth-order valence-electron chi connectivity index (χ4n) is 2.61. The second-order valence-corrected chi connectivity index (χ2v) is 8.90. The number of phenolic OH excluding ortho intramolecular Hbond substituents is 1. The molecule has 0 saturated heterocycles. The average Bonchev–Trinajstić information content (AvgIpc) is 3.10. The SMILES string of the molecule is CCn1c(CSc2ccc(C)cc2)nnc1SC(C)C(=O)Nc1ccc(O)cc1. The van der Waals surface area contributed by atoms with Crippen LogP contribution in [-0.4, -0.2) is 31.0 Å². The van der Waals surface area contributed by atoms with Crippen molar-refractivity contribution in [1.82, 2.24) is 14.8 Å². The van der Waals surface area contributed by atoms with Gasteiger partial charge >= 0.3 is 0 Å². The van der Waals surface area contributed by atoms with Crippen LogP contribution in [0, 0.1) is 6.92 Å². The zero-order valence-corrected chi connectivity index (χ0v) is 18.3. The van der Waals surface area contributed by atoms with Crippen LogP contribution < -0.4 is 5.32 Å². The van der Waals surface area contributed by atoms with E-state index >= 15 is 0 Å². The molecule has 3 rings (SSSR count). The minimum Gasteiger partial charge on any atom is -0.508 e. The molecule has 3 aromatic rings. The minimum atomic E-state index is -0.337. The summed E-state index contributed by atoms with van der Waals surface area (Å²) in [7, 11) is 0. The second kappa shape index (κ2) is 9.84. The zero-order valence-electron chi connectivity index (χ0n) is 16.6. The largest absolute Gasteiger partial charge is 0.508 e. The van der Waals surface area contributed by atoms with Gasteiger partial charge in [-0.05, 0) is 57.2 Å². The summed E-state index contributed by atoms with van der Waals surface area (Å²) in [4.78, 5) is 13.7. The first-order chi connectivity index (χ1) is 14.0. The van der Waals surface area contributed by atoms with E-state index in [0.29, 0.717) is 5.69 Å². The van der Waals surface area contributed by atoms with Gasteiger partial charge in [0, 0.05) is 17.1 Å². The lowest BCUT2D eigenvalue weighted by Crippen LogP contribution is -2.23. The number of anilines is 1. The number of phenols is 1. The number of nitrogens with zero attached hydrogens (tertiary/aromatic N) is 3. The molecule has 0 fully saturated rings. The summed E-state index contributed by atoms with van der Waals surface area (Å²) in [5, 5.41) is 21.2. The molecule has 0 radical (unpaired) electrons. The maximum absolute atomic E-state index is 12.5. The number of hydrogen-bond donors (Lipinski definition) is 2. The van der Waals surface area contributed by atoms with Gasteiger partial charge < -0.3 is 15.0 Å². The molecule has 0 aliphatic carbocycles. The van der Waals surface area contributed by atoms with Crippen molar-refractivity contribution < 1.29 is 9.90 Å². The van der Waals surface area contributed by atoms with Crippen molar-refractivity contribution in [1.29, 1.82) is 0 Å². The van der Waals surface area contributed by atoms with Crippen LogP contribution >= 0.6 is 23.5 Å². The molecular weight excluding hydrogens is 404 g/mol. The number of aromatic nitrogens is 3. The van der Waals surface area contributed by atoms with E-state index in [1.165, 1.54) is 22.2 Å². The van der Waals surface area contributed by atoms with Crippen molar-refractivity contribution in [2.75, 3.05) is 5.32 Å². The first-order valence-corrected chi connectivity index (χ1v) is 11.2.